The van der Waals surface area contributed by atoms with E-state index in [0.717, 1.165) is 55.5 Å². The van der Waals surface area contributed by atoms with Gasteiger partial charge in [0.05, 0.1) is 37.0 Å². The lowest BCUT2D eigenvalue weighted by atomic mass is 10.1. The largest absolute Gasteiger partial charge is 0.379 e. The number of nitrogens with one attached hydrogen (secondary N) is 2. The molecule has 12 heteroatoms. The zero-order valence-electron chi connectivity index (χ0n) is 17.7. The number of fused-ring (bicyclic) bond motifs is 1. The Morgan fingerprint density at radius 3 is 2.78 bits per heavy atom. The van der Waals surface area contributed by atoms with E-state index < -0.39 is 6.03 Å². The molecule has 0 atom stereocenters. The van der Waals surface area contributed by atoms with Crippen molar-refractivity contribution in [1.82, 2.24) is 35.4 Å². The van der Waals surface area contributed by atoms with Gasteiger partial charge in [0.15, 0.2) is 10.9 Å². The third kappa shape index (κ3) is 5.10. The SMILES string of the molecule is CNC(=S)NN(C(N)=O)c1ccc2ncc(-c3cnn(CCN4CCOCC4)c3)cc2n1. The Balaban J connectivity index is 1.53. The summed E-state index contributed by atoms with van der Waals surface area (Å²) in [6.45, 7) is 5.20. The lowest BCUT2D eigenvalue weighted by Crippen LogP contribution is -2.52. The lowest BCUT2D eigenvalue weighted by Gasteiger charge is -2.26. The van der Waals surface area contributed by atoms with E-state index >= 15 is 0 Å². The monoisotopic (exact) mass is 455 g/mol. The van der Waals surface area contributed by atoms with Gasteiger partial charge in [-0.05, 0) is 30.4 Å². The van der Waals surface area contributed by atoms with E-state index in [-0.39, 0.29) is 5.11 Å². The zero-order valence-corrected chi connectivity index (χ0v) is 18.5. The normalized spacial score (nSPS) is 14.3. The Labute approximate surface area is 190 Å². The van der Waals surface area contributed by atoms with Crippen molar-refractivity contribution in [2.24, 2.45) is 5.73 Å². The highest BCUT2D eigenvalue weighted by molar-refractivity contribution is 7.80. The fourth-order valence-corrected chi connectivity index (χ4v) is 3.46. The number of thiocarbonyl (C=S) groups is 1. The Morgan fingerprint density at radius 2 is 2.03 bits per heavy atom. The van der Waals surface area contributed by atoms with Gasteiger partial charge in [-0.15, -0.1) is 0 Å². The number of rotatable bonds is 5. The van der Waals surface area contributed by atoms with Crippen molar-refractivity contribution in [1.29, 1.82) is 0 Å². The van der Waals surface area contributed by atoms with Crippen molar-refractivity contribution in [3.05, 3.63) is 36.8 Å². The molecule has 4 rings (SSSR count). The zero-order chi connectivity index (χ0) is 22.5. The molecular weight excluding hydrogens is 430 g/mol. The number of carbonyl (C=O) groups excluding carboxylic acids is 1. The van der Waals surface area contributed by atoms with E-state index in [4.69, 9.17) is 22.7 Å². The van der Waals surface area contributed by atoms with Gasteiger partial charge in [0.2, 0.25) is 0 Å². The summed E-state index contributed by atoms with van der Waals surface area (Å²) >= 11 is 5.07. The maximum absolute atomic E-state index is 11.9. The minimum atomic E-state index is -0.736. The molecule has 0 saturated carbocycles. The maximum atomic E-state index is 11.9. The summed E-state index contributed by atoms with van der Waals surface area (Å²) in [5.74, 6) is 0.308. The van der Waals surface area contributed by atoms with Gasteiger partial charge in [-0.1, -0.05) is 0 Å². The fraction of sp³-hybridized carbons (Fsp3) is 0.350. The lowest BCUT2D eigenvalue weighted by molar-refractivity contribution is 0.0360. The average Bonchev–Trinajstić information content (AvgIpc) is 3.30. The number of hydrazine groups is 1. The maximum Gasteiger partial charge on any atom is 0.339 e. The summed E-state index contributed by atoms with van der Waals surface area (Å²) in [6.07, 6.45) is 5.59. The van der Waals surface area contributed by atoms with Crippen molar-refractivity contribution in [3.63, 3.8) is 0 Å². The average molecular weight is 456 g/mol. The quantitative estimate of drug-likeness (QED) is 0.377. The summed E-state index contributed by atoms with van der Waals surface area (Å²) in [6, 6.07) is 4.59. The highest BCUT2D eigenvalue weighted by Crippen LogP contribution is 2.23. The highest BCUT2D eigenvalue weighted by atomic mass is 32.1. The number of nitrogens with zero attached hydrogens (tertiary/aromatic N) is 6. The van der Waals surface area contributed by atoms with E-state index in [2.05, 4.69) is 30.7 Å². The first kappa shape index (κ1) is 21.9. The van der Waals surface area contributed by atoms with E-state index in [0.29, 0.717) is 16.9 Å². The van der Waals surface area contributed by atoms with E-state index in [1.54, 1.807) is 25.4 Å². The molecule has 2 amide bonds. The number of nitrogens with two attached hydrogens (primary N) is 1. The molecule has 4 N–H and O–H groups in total. The van der Waals surface area contributed by atoms with E-state index in [9.17, 15) is 4.79 Å². The van der Waals surface area contributed by atoms with Crippen LogP contribution in [0.3, 0.4) is 0 Å². The molecule has 0 unspecified atom stereocenters. The topological polar surface area (TPSA) is 126 Å². The number of morpholine rings is 1. The van der Waals surface area contributed by atoms with Crippen LogP contribution in [0.2, 0.25) is 0 Å². The third-order valence-electron chi connectivity index (χ3n) is 5.13. The second-order valence-corrected chi connectivity index (χ2v) is 7.65. The van der Waals surface area contributed by atoms with Crippen molar-refractivity contribution in [2.45, 2.75) is 6.54 Å². The Bertz CT molecular complexity index is 1110. The molecule has 1 saturated heterocycles. The molecule has 3 aromatic rings. The van der Waals surface area contributed by atoms with Gasteiger partial charge in [-0.2, -0.15) is 10.1 Å². The molecule has 0 aliphatic carbocycles. The molecule has 1 aliphatic rings. The molecule has 168 valence electrons. The van der Waals surface area contributed by atoms with Gasteiger partial charge in [0.1, 0.15) is 0 Å². The van der Waals surface area contributed by atoms with E-state index in [1.165, 1.54) is 0 Å². The number of primary amides is 1. The predicted octanol–water partition coefficient (Wildman–Crippen LogP) is 0.720. The smallest absolute Gasteiger partial charge is 0.339 e. The number of ether oxygens (including phenoxy) is 1. The third-order valence-corrected chi connectivity index (χ3v) is 5.42. The van der Waals surface area contributed by atoms with E-state index in [1.807, 2.05) is 23.1 Å². The number of hydrogen-bond acceptors (Lipinski definition) is 7. The second kappa shape index (κ2) is 9.85. The number of pyridine rings is 2. The molecule has 0 aromatic carbocycles. The van der Waals surface area contributed by atoms with Crippen LogP contribution in [-0.4, -0.2) is 75.7 Å². The molecule has 0 radical (unpaired) electrons. The van der Waals surface area contributed by atoms with Crippen LogP contribution in [0.5, 0.6) is 0 Å². The minimum Gasteiger partial charge on any atom is -0.379 e. The second-order valence-electron chi connectivity index (χ2n) is 7.24. The molecular formula is C20H25N9O2S. The van der Waals surface area contributed by atoms with Crippen LogP contribution in [0, 0.1) is 0 Å². The number of hydrogen-bond donors (Lipinski definition) is 3. The molecule has 0 spiro atoms. The van der Waals surface area contributed by atoms with Crippen LogP contribution < -0.4 is 21.5 Å². The standard InChI is InChI=1S/C20H25N9O2S/c1-22-20(32)26-29(19(21)30)18-3-2-16-17(25-18)10-14(11-23-16)15-12-24-28(13-15)5-4-27-6-8-31-9-7-27/h2-3,10-13H,4-9H2,1H3,(H2,21,30)(H2,22,26,32). The summed E-state index contributed by atoms with van der Waals surface area (Å²) in [7, 11) is 1.64. The number of urea groups is 1. The number of aromatic nitrogens is 4. The molecule has 1 aliphatic heterocycles. The molecule has 32 heavy (non-hydrogen) atoms. The first-order chi connectivity index (χ1) is 15.5. The summed E-state index contributed by atoms with van der Waals surface area (Å²) in [5.41, 5.74) is 11.3. The number of carbonyl (C=O) groups is 1. The number of anilines is 1. The predicted molar refractivity (Wildman–Crippen MR) is 125 cm³/mol. The summed E-state index contributed by atoms with van der Waals surface area (Å²) in [5, 5.41) is 8.53. The summed E-state index contributed by atoms with van der Waals surface area (Å²) < 4.78 is 7.32. The van der Waals surface area contributed by atoms with Crippen LogP contribution in [0.25, 0.3) is 22.2 Å². The highest BCUT2D eigenvalue weighted by Gasteiger charge is 2.16. The van der Waals surface area contributed by atoms with Gasteiger partial charge >= 0.3 is 6.03 Å². The first-order valence-corrected chi connectivity index (χ1v) is 10.6. The van der Waals surface area contributed by atoms with Crippen LogP contribution in [0.4, 0.5) is 10.6 Å². The molecule has 11 nitrogen and oxygen atoms in total. The first-order valence-electron chi connectivity index (χ1n) is 10.2. The van der Waals surface area contributed by atoms with Crippen LogP contribution in [0.15, 0.2) is 36.8 Å². The van der Waals surface area contributed by atoms with Gasteiger partial charge in [-0.3, -0.25) is 20.0 Å². The molecule has 4 heterocycles. The minimum absolute atomic E-state index is 0.238. The number of amides is 2. The molecule has 3 aromatic heterocycles. The van der Waals surface area contributed by atoms with Crippen LogP contribution in [0.1, 0.15) is 0 Å². The van der Waals surface area contributed by atoms with Crippen molar-refractivity contribution in [3.8, 4) is 11.1 Å². The van der Waals surface area contributed by atoms with Gasteiger partial charge in [0, 0.05) is 50.2 Å². The Hall–Kier alpha value is -3.35. The van der Waals surface area contributed by atoms with Crippen molar-refractivity contribution in [2.75, 3.05) is 44.9 Å². The molecule has 1 fully saturated rings. The van der Waals surface area contributed by atoms with Gasteiger partial charge < -0.3 is 15.8 Å². The van der Waals surface area contributed by atoms with Gasteiger partial charge in [0.25, 0.3) is 0 Å². The van der Waals surface area contributed by atoms with Crippen LogP contribution >= 0.6 is 12.2 Å². The van der Waals surface area contributed by atoms with Crippen molar-refractivity contribution < 1.29 is 9.53 Å². The Morgan fingerprint density at radius 1 is 1.22 bits per heavy atom. The van der Waals surface area contributed by atoms with Crippen molar-refractivity contribution >= 4 is 40.2 Å². The van der Waals surface area contributed by atoms with Crippen LogP contribution in [-0.2, 0) is 11.3 Å². The van der Waals surface area contributed by atoms with Gasteiger partial charge in [-0.25, -0.2) is 9.78 Å². The summed E-state index contributed by atoms with van der Waals surface area (Å²) in [4.78, 5) is 23.3. The Kier molecular flexibility index (Phi) is 6.73. The fourth-order valence-electron chi connectivity index (χ4n) is 3.36. The molecule has 0 bridgehead atoms.